The first-order chi connectivity index (χ1) is 13.2. The molecule has 1 unspecified atom stereocenters. The fraction of sp³-hybridized carbons (Fsp3) is 0.381. The molecule has 0 radical (unpaired) electrons. The predicted octanol–water partition coefficient (Wildman–Crippen LogP) is 2.35. The third-order valence-electron chi connectivity index (χ3n) is 5.37. The molecule has 7 heteroatoms. The highest BCUT2D eigenvalue weighted by atomic mass is 35.5. The van der Waals surface area contributed by atoms with Crippen LogP contribution in [-0.2, 0) is 16.0 Å². The number of benzene rings is 1. The molecule has 148 valence electrons. The van der Waals surface area contributed by atoms with Gasteiger partial charge in [0.1, 0.15) is 0 Å². The number of nitrogens with zero attached hydrogens (tertiary/aromatic N) is 3. The predicted molar refractivity (Wildman–Crippen MR) is 111 cm³/mol. The van der Waals surface area contributed by atoms with Crippen LogP contribution >= 0.6 is 12.4 Å². The topological polar surface area (TPSA) is 65.5 Å². The van der Waals surface area contributed by atoms with Gasteiger partial charge in [0.15, 0.2) is 0 Å². The standard InChI is InChI=1S/C21H24N4O2.ClH/c26-20-8-7-16-4-1-2-6-18(16)24(20)12-9-21(27)25-13-11-23-15-19(25)17-5-3-10-22-14-17;/h1-6,10,14,19,23H,7-9,11-13,15H2;1H. The Bertz CT molecular complexity index is 830. The van der Waals surface area contributed by atoms with E-state index in [-0.39, 0.29) is 30.3 Å². The Kier molecular flexibility index (Phi) is 6.65. The van der Waals surface area contributed by atoms with Crippen molar-refractivity contribution in [3.8, 4) is 0 Å². The normalized spacial score (nSPS) is 19.0. The Morgan fingerprint density at radius 2 is 2.04 bits per heavy atom. The minimum absolute atomic E-state index is 0. The fourth-order valence-electron chi connectivity index (χ4n) is 3.97. The Morgan fingerprint density at radius 3 is 2.86 bits per heavy atom. The first kappa shape index (κ1) is 20.3. The van der Waals surface area contributed by atoms with Gasteiger partial charge in [-0.15, -0.1) is 12.4 Å². The van der Waals surface area contributed by atoms with Crippen LogP contribution in [0.1, 0.15) is 30.0 Å². The van der Waals surface area contributed by atoms with Gasteiger partial charge in [0.2, 0.25) is 11.8 Å². The van der Waals surface area contributed by atoms with Crippen molar-refractivity contribution >= 4 is 29.9 Å². The van der Waals surface area contributed by atoms with E-state index in [9.17, 15) is 9.59 Å². The van der Waals surface area contributed by atoms with E-state index in [1.165, 1.54) is 5.56 Å². The summed E-state index contributed by atoms with van der Waals surface area (Å²) >= 11 is 0. The number of nitrogens with one attached hydrogen (secondary N) is 1. The van der Waals surface area contributed by atoms with Crippen molar-refractivity contribution in [2.45, 2.75) is 25.3 Å². The average Bonchev–Trinajstić information content (AvgIpc) is 2.73. The number of rotatable bonds is 4. The lowest BCUT2D eigenvalue weighted by Crippen LogP contribution is -2.49. The zero-order valence-electron chi connectivity index (χ0n) is 15.7. The highest BCUT2D eigenvalue weighted by molar-refractivity contribution is 5.97. The SMILES string of the molecule is Cl.O=C1CCc2ccccc2N1CCC(=O)N1CCNCC1c1cccnc1. The van der Waals surface area contributed by atoms with Crippen LogP contribution in [0.3, 0.4) is 0 Å². The lowest BCUT2D eigenvalue weighted by Gasteiger charge is -2.37. The maximum atomic E-state index is 13.0. The number of aryl methyl sites for hydroxylation is 1. The van der Waals surface area contributed by atoms with Gasteiger partial charge in [0, 0.05) is 57.1 Å². The molecule has 0 bridgehead atoms. The van der Waals surface area contributed by atoms with Gasteiger partial charge in [-0.3, -0.25) is 14.6 Å². The maximum Gasteiger partial charge on any atom is 0.227 e. The maximum absolute atomic E-state index is 13.0. The van der Waals surface area contributed by atoms with Crippen molar-refractivity contribution in [3.63, 3.8) is 0 Å². The molecule has 1 N–H and O–H groups in total. The molecule has 1 atom stereocenters. The molecule has 2 aliphatic rings. The molecule has 1 aromatic carbocycles. The van der Waals surface area contributed by atoms with E-state index in [1.54, 1.807) is 11.1 Å². The van der Waals surface area contributed by atoms with E-state index in [0.29, 0.717) is 25.9 Å². The molecule has 1 fully saturated rings. The minimum atomic E-state index is -0.00991. The summed E-state index contributed by atoms with van der Waals surface area (Å²) in [5.74, 6) is 0.187. The van der Waals surface area contributed by atoms with E-state index in [2.05, 4.69) is 16.4 Å². The summed E-state index contributed by atoms with van der Waals surface area (Å²) in [5, 5.41) is 3.36. The van der Waals surface area contributed by atoms with Gasteiger partial charge in [0.05, 0.1) is 6.04 Å². The number of fused-ring (bicyclic) bond motifs is 1. The van der Waals surface area contributed by atoms with Gasteiger partial charge in [-0.05, 0) is 29.7 Å². The second-order valence-corrected chi connectivity index (χ2v) is 7.02. The molecule has 1 aromatic heterocycles. The first-order valence-corrected chi connectivity index (χ1v) is 9.52. The molecule has 1 saturated heterocycles. The molecule has 2 aliphatic heterocycles. The summed E-state index contributed by atoms with van der Waals surface area (Å²) in [6.45, 7) is 2.61. The number of anilines is 1. The number of carbonyl (C=O) groups is 2. The van der Waals surface area contributed by atoms with Crippen LogP contribution in [0.25, 0.3) is 0 Å². The molecule has 0 spiro atoms. The van der Waals surface area contributed by atoms with Crippen LogP contribution in [-0.4, -0.2) is 47.9 Å². The Labute approximate surface area is 171 Å². The Balaban J connectivity index is 0.00000225. The van der Waals surface area contributed by atoms with E-state index in [4.69, 9.17) is 0 Å². The van der Waals surface area contributed by atoms with Crippen LogP contribution in [0, 0.1) is 0 Å². The highest BCUT2D eigenvalue weighted by Gasteiger charge is 2.29. The van der Waals surface area contributed by atoms with E-state index in [1.807, 2.05) is 41.4 Å². The second kappa shape index (κ2) is 9.17. The largest absolute Gasteiger partial charge is 0.333 e. The summed E-state index contributed by atoms with van der Waals surface area (Å²) in [7, 11) is 0. The zero-order chi connectivity index (χ0) is 18.6. The van der Waals surface area contributed by atoms with Gasteiger partial charge in [-0.25, -0.2) is 0 Å². The average molecular weight is 401 g/mol. The van der Waals surface area contributed by atoms with Crippen molar-refractivity contribution in [2.24, 2.45) is 0 Å². The van der Waals surface area contributed by atoms with Crippen LogP contribution < -0.4 is 10.2 Å². The monoisotopic (exact) mass is 400 g/mol. The number of aromatic nitrogens is 1. The van der Waals surface area contributed by atoms with Crippen LogP contribution in [0.2, 0.25) is 0 Å². The van der Waals surface area contributed by atoms with Crippen molar-refractivity contribution in [1.29, 1.82) is 0 Å². The molecule has 6 nitrogen and oxygen atoms in total. The smallest absolute Gasteiger partial charge is 0.227 e. The Morgan fingerprint density at radius 1 is 1.18 bits per heavy atom. The van der Waals surface area contributed by atoms with Gasteiger partial charge in [-0.2, -0.15) is 0 Å². The van der Waals surface area contributed by atoms with E-state index in [0.717, 1.165) is 30.8 Å². The van der Waals surface area contributed by atoms with Gasteiger partial charge in [0.25, 0.3) is 0 Å². The summed E-state index contributed by atoms with van der Waals surface area (Å²) in [6, 6.07) is 11.9. The van der Waals surface area contributed by atoms with Gasteiger partial charge >= 0.3 is 0 Å². The van der Waals surface area contributed by atoms with E-state index >= 15 is 0 Å². The number of hydrogen-bond acceptors (Lipinski definition) is 4. The van der Waals surface area contributed by atoms with Crippen molar-refractivity contribution < 1.29 is 9.59 Å². The molecule has 2 amide bonds. The summed E-state index contributed by atoms with van der Waals surface area (Å²) in [4.78, 5) is 33.3. The van der Waals surface area contributed by atoms with Gasteiger partial charge < -0.3 is 15.1 Å². The summed E-state index contributed by atoms with van der Waals surface area (Å²) in [6.07, 6.45) is 5.18. The molecule has 0 aliphatic carbocycles. The summed E-state index contributed by atoms with van der Waals surface area (Å²) < 4.78 is 0. The molecule has 2 aromatic rings. The molecule has 28 heavy (non-hydrogen) atoms. The number of carbonyl (C=O) groups excluding carboxylic acids is 2. The van der Waals surface area contributed by atoms with Crippen molar-refractivity contribution in [1.82, 2.24) is 15.2 Å². The minimum Gasteiger partial charge on any atom is -0.333 e. The number of amides is 2. The molecular weight excluding hydrogens is 376 g/mol. The third kappa shape index (κ3) is 4.18. The molecular formula is C21H25ClN4O2. The van der Waals surface area contributed by atoms with Crippen LogP contribution in [0.15, 0.2) is 48.8 Å². The number of halogens is 1. The van der Waals surface area contributed by atoms with Crippen LogP contribution in [0.4, 0.5) is 5.69 Å². The third-order valence-corrected chi connectivity index (χ3v) is 5.37. The molecule has 0 saturated carbocycles. The molecule has 3 heterocycles. The number of para-hydroxylation sites is 1. The lowest BCUT2D eigenvalue weighted by atomic mass is 10.0. The van der Waals surface area contributed by atoms with Crippen molar-refractivity contribution in [3.05, 3.63) is 59.9 Å². The number of pyridine rings is 1. The zero-order valence-corrected chi connectivity index (χ0v) is 16.5. The molecule has 4 rings (SSSR count). The second-order valence-electron chi connectivity index (χ2n) is 7.02. The lowest BCUT2D eigenvalue weighted by molar-refractivity contribution is -0.134. The van der Waals surface area contributed by atoms with Crippen LogP contribution in [0.5, 0.6) is 0 Å². The Hall–Kier alpha value is -2.44. The quantitative estimate of drug-likeness (QED) is 0.855. The summed E-state index contributed by atoms with van der Waals surface area (Å²) in [5.41, 5.74) is 3.17. The van der Waals surface area contributed by atoms with E-state index < -0.39 is 0 Å². The number of piperazine rings is 1. The fourth-order valence-corrected chi connectivity index (χ4v) is 3.97. The van der Waals surface area contributed by atoms with Gasteiger partial charge in [-0.1, -0.05) is 24.3 Å². The van der Waals surface area contributed by atoms with Crippen molar-refractivity contribution in [2.75, 3.05) is 31.1 Å². The highest BCUT2D eigenvalue weighted by Crippen LogP contribution is 2.28. The first-order valence-electron chi connectivity index (χ1n) is 9.52. The number of hydrogen-bond donors (Lipinski definition) is 1.